The second-order valence-corrected chi connectivity index (χ2v) is 6.35. The minimum absolute atomic E-state index is 0.0788. The summed E-state index contributed by atoms with van der Waals surface area (Å²) in [5, 5.41) is 0. The van der Waals surface area contributed by atoms with Gasteiger partial charge in [0.2, 0.25) is 5.91 Å². The number of likely N-dealkylation sites (tertiary alicyclic amines) is 1. The van der Waals surface area contributed by atoms with E-state index in [1.54, 1.807) is 0 Å². The van der Waals surface area contributed by atoms with Crippen LogP contribution in [0, 0.1) is 11.8 Å². The third-order valence-electron chi connectivity index (χ3n) is 4.94. The number of carbonyl (C=O) groups is 1. The maximum Gasteiger partial charge on any atom is 0.391 e. The van der Waals surface area contributed by atoms with Crippen LogP contribution in [0.25, 0.3) is 0 Å². The second-order valence-electron chi connectivity index (χ2n) is 6.35. The van der Waals surface area contributed by atoms with E-state index in [0.29, 0.717) is 19.4 Å². The molecular weight excluding hydrogens is 281 g/mol. The smallest absolute Gasteiger partial charge is 0.339 e. The molecule has 0 aromatic rings. The number of alkyl halides is 3. The molecule has 1 saturated heterocycles. The fourth-order valence-corrected chi connectivity index (χ4v) is 3.68. The van der Waals surface area contributed by atoms with E-state index in [1.165, 1.54) is 0 Å². The van der Waals surface area contributed by atoms with Crippen LogP contribution in [-0.2, 0) is 4.79 Å². The van der Waals surface area contributed by atoms with Gasteiger partial charge in [-0.1, -0.05) is 0 Å². The molecule has 6 heteroatoms. The van der Waals surface area contributed by atoms with E-state index < -0.39 is 12.1 Å². The van der Waals surface area contributed by atoms with Gasteiger partial charge in [-0.2, -0.15) is 13.2 Å². The first kappa shape index (κ1) is 16.6. The molecule has 3 nitrogen and oxygen atoms in total. The van der Waals surface area contributed by atoms with Crippen LogP contribution >= 0.6 is 0 Å². The van der Waals surface area contributed by atoms with E-state index in [-0.39, 0.29) is 30.7 Å². The Morgan fingerprint density at radius 3 is 2.38 bits per heavy atom. The van der Waals surface area contributed by atoms with Gasteiger partial charge in [0.05, 0.1) is 5.92 Å². The molecule has 1 atom stereocenters. The Labute approximate surface area is 124 Å². The number of halogens is 3. The number of rotatable bonds is 4. The fraction of sp³-hybridized carbons (Fsp3) is 0.933. The average Bonchev–Trinajstić information content (AvgIpc) is 2.92. The summed E-state index contributed by atoms with van der Waals surface area (Å²) < 4.78 is 38.0. The van der Waals surface area contributed by atoms with Crippen LogP contribution in [0.5, 0.6) is 0 Å². The lowest BCUT2D eigenvalue weighted by atomic mass is 9.81. The summed E-state index contributed by atoms with van der Waals surface area (Å²) in [6, 6.07) is 0.251. The Kier molecular flexibility index (Phi) is 5.52. The van der Waals surface area contributed by atoms with E-state index in [4.69, 9.17) is 5.73 Å². The van der Waals surface area contributed by atoms with Crippen molar-refractivity contribution in [2.45, 2.75) is 63.6 Å². The zero-order valence-corrected chi connectivity index (χ0v) is 12.4. The number of amides is 1. The largest absolute Gasteiger partial charge is 0.391 e. The molecule has 1 amide bonds. The number of hydrogen-bond acceptors (Lipinski definition) is 2. The van der Waals surface area contributed by atoms with Crippen LogP contribution in [0.1, 0.15) is 51.4 Å². The molecular formula is C15H25F3N2O. The van der Waals surface area contributed by atoms with Crippen LogP contribution in [0.3, 0.4) is 0 Å². The van der Waals surface area contributed by atoms with E-state index in [2.05, 4.69) is 0 Å². The van der Waals surface area contributed by atoms with Crippen LogP contribution < -0.4 is 5.73 Å². The van der Waals surface area contributed by atoms with E-state index in [1.807, 2.05) is 4.90 Å². The highest BCUT2D eigenvalue weighted by molar-refractivity contribution is 5.79. The summed E-state index contributed by atoms with van der Waals surface area (Å²) in [6.45, 7) is 1.38. The van der Waals surface area contributed by atoms with Crippen LogP contribution in [0.15, 0.2) is 0 Å². The summed E-state index contributed by atoms with van der Waals surface area (Å²) in [5.41, 5.74) is 5.52. The van der Waals surface area contributed by atoms with Crippen molar-refractivity contribution in [3.63, 3.8) is 0 Å². The Morgan fingerprint density at radius 2 is 1.81 bits per heavy atom. The van der Waals surface area contributed by atoms with Crippen molar-refractivity contribution in [1.29, 1.82) is 0 Å². The van der Waals surface area contributed by atoms with Crippen LogP contribution in [0.4, 0.5) is 13.2 Å². The summed E-state index contributed by atoms with van der Waals surface area (Å²) in [6.07, 6.45) is 0.665. The number of nitrogens with two attached hydrogens (primary N) is 1. The van der Waals surface area contributed by atoms with Crippen molar-refractivity contribution >= 4 is 5.91 Å². The molecule has 1 heterocycles. The lowest BCUT2D eigenvalue weighted by Gasteiger charge is -2.33. The molecule has 2 N–H and O–H groups in total. The predicted octanol–water partition coefficient (Wildman–Crippen LogP) is 3.09. The first-order chi connectivity index (χ1) is 9.93. The molecule has 0 aromatic heterocycles. The Morgan fingerprint density at radius 1 is 1.14 bits per heavy atom. The van der Waals surface area contributed by atoms with Crippen LogP contribution in [-0.4, -0.2) is 36.1 Å². The lowest BCUT2D eigenvalue weighted by Crippen LogP contribution is -2.41. The Balaban J connectivity index is 1.86. The van der Waals surface area contributed by atoms with E-state index in [9.17, 15) is 18.0 Å². The van der Waals surface area contributed by atoms with Crippen molar-refractivity contribution < 1.29 is 18.0 Å². The molecule has 2 aliphatic rings. The highest BCUT2D eigenvalue weighted by atomic mass is 19.4. The maximum atomic E-state index is 12.7. The Hall–Kier alpha value is -0.780. The van der Waals surface area contributed by atoms with Gasteiger partial charge in [-0.25, -0.2) is 0 Å². The number of hydrogen-bond donors (Lipinski definition) is 1. The van der Waals surface area contributed by atoms with Crippen molar-refractivity contribution in [3.8, 4) is 0 Å². The van der Waals surface area contributed by atoms with Crippen molar-refractivity contribution in [2.75, 3.05) is 13.1 Å². The summed E-state index contributed by atoms with van der Waals surface area (Å²) in [4.78, 5) is 14.5. The van der Waals surface area contributed by atoms with Gasteiger partial charge >= 0.3 is 6.18 Å². The quantitative estimate of drug-likeness (QED) is 0.867. The predicted molar refractivity (Wildman–Crippen MR) is 74.5 cm³/mol. The summed E-state index contributed by atoms with van der Waals surface area (Å²) in [7, 11) is 0. The van der Waals surface area contributed by atoms with Crippen molar-refractivity contribution in [1.82, 2.24) is 4.90 Å². The molecule has 0 aromatic carbocycles. The highest BCUT2D eigenvalue weighted by Gasteiger charge is 2.43. The van der Waals surface area contributed by atoms with Gasteiger partial charge in [-0.15, -0.1) is 0 Å². The molecule has 0 bridgehead atoms. The average molecular weight is 306 g/mol. The normalized spacial score (nSPS) is 30.7. The third-order valence-corrected chi connectivity index (χ3v) is 4.94. The van der Waals surface area contributed by atoms with E-state index in [0.717, 1.165) is 32.2 Å². The standard InChI is InChI=1S/C15H25F3N2O/c16-15(17,18)12-7-5-11(6-8-12)14(21)20-10-2-4-13(20)3-1-9-19/h11-13H,1-10,19H2. The van der Waals surface area contributed by atoms with Crippen molar-refractivity contribution in [3.05, 3.63) is 0 Å². The number of nitrogens with zero attached hydrogens (tertiary/aromatic N) is 1. The molecule has 122 valence electrons. The molecule has 0 radical (unpaired) electrons. The second kappa shape index (κ2) is 6.99. The van der Waals surface area contributed by atoms with Gasteiger partial charge in [-0.05, 0) is 57.9 Å². The number of carbonyl (C=O) groups excluding carboxylic acids is 1. The lowest BCUT2D eigenvalue weighted by molar-refractivity contribution is -0.185. The maximum absolute atomic E-state index is 12.7. The zero-order chi connectivity index (χ0) is 15.5. The van der Waals surface area contributed by atoms with Gasteiger partial charge in [0.1, 0.15) is 0 Å². The molecule has 1 unspecified atom stereocenters. The topological polar surface area (TPSA) is 46.3 Å². The van der Waals surface area contributed by atoms with Gasteiger partial charge in [0.25, 0.3) is 0 Å². The first-order valence-corrected chi connectivity index (χ1v) is 8.00. The molecule has 1 aliphatic carbocycles. The first-order valence-electron chi connectivity index (χ1n) is 8.00. The molecule has 0 spiro atoms. The molecule has 2 fully saturated rings. The monoisotopic (exact) mass is 306 g/mol. The zero-order valence-electron chi connectivity index (χ0n) is 12.4. The van der Waals surface area contributed by atoms with Gasteiger partial charge < -0.3 is 10.6 Å². The van der Waals surface area contributed by atoms with Crippen LogP contribution in [0.2, 0.25) is 0 Å². The van der Waals surface area contributed by atoms with Gasteiger partial charge in [-0.3, -0.25) is 4.79 Å². The SMILES string of the molecule is NCCCC1CCCN1C(=O)C1CCC(C(F)(F)F)CC1. The minimum Gasteiger partial charge on any atom is -0.339 e. The fourth-order valence-electron chi connectivity index (χ4n) is 3.68. The van der Waals surface area contributed by atoms with Crippen molar-refractivity contribution in [2.24, 2.45) is 17.6 Å². The van der Waals surface area contributed by atoms with E-state index >= 15 is 0 Å². The molecule has 1 aliphatic heterocycles. The highest BCUT2D eigenvalue weighted by Crippen LogP contribution is 2.40. The third kappa shape index (κ3) is 4.11. The summed E-state index contributed by atoms with van der Waals surface area (Å²) in [5.74, 6) is -1.34. The molecule has 1 saturated carbocycles. The summed E-state index contributed by atoms with van der Waals surface area (Å²) >= 11 is 0. The molecule has 21 heavy (non-hydrogen) atoms. The minimum atomic E-state index is -4.11. The van der Waals surface area contributed by atoms with Gasteiger partial charge in [0, 0.05) is 18.5 Å². The Bertz CT molecular complexity index is 351. The molecule has 2 rings (SSSR count). The van der Waals surface area contributed by atoms with Gasteiger partial charge in [0.15, 0.2) is 0 Å².